The highest BCUT2D eigenvalue weighted by Gasteiger charge is 2.58. The second-order valence-corrected chi connectivity index (χ2v) is 8.75. The third-order valence-electron chi connectivity index (χ3n) is 6.13. The molecule has 164 valence electrons. The maximum absolute atomic E-state index is 12.7. The number of oxazole rings is 1. The minimum Gasteiger partial charge on any atom is -0.443 e. The van der Waals surface area contributed by atoms with Gasteiger partial charge in [-0.1, -0.05) is 18.2 Å². The number of halogens is 1. The molecule has 1 saturated carbocycles. The van der Waals surface area contributed by atoms with Crippen molar-refractivity contribution in [3.05, 3.63) is 41.6 Å². The van der Waals surface area contributed by atoms with Crippen molar-refractivity contribution in [2.45, 2.75) is 13.0 Å². The number of rotatable bonds is 6. The maximum atomic E-state index is 12.7. The van der Waals surface area contributed by atoms with E-state index in [1.807, 2.05) is 17.5 Å². The first-order valence-electron chi connectivity index (χ1n) is 10.1. The monoisotopic (exact) mass is 553 g/mol. The number of guanidine groups is 1. The van der Waals surface area contributed by atoms with E-state index in [0.717, 1.165) is 17.0 Å². The lowest BCUT2D eigenvalue weighted by atomic mass is 9.85. The first-order valence-corrected chi connectivity index (χ1v) is 11.0. The number of nitrogens with zero attached hydrogens (tertiary/aromatic N) is 3. The molecule has 31 heavy (non-hydrogen) atoms. The van der Waals surface area contributed by atoms with Gasteiger partial charge in [0.25, 0.3) is 0 Å². The zero-order chi connectivity index (χ0) is 20.7. The first-order chi connectivity index (χ1) is 14.7. The van der Waals surface area contributed by atoms with Gasteiger partial charge in [0.15, 0.2) is 5.96 Å². The van der Waals surface area contributed by atoms with Gasteiger partial charge >= 0.3 is 0 Å². The van der Waals surface area contributed by atoms with Crippen molar-refractivity contribution in [3.8, 4) is 10.8 Å². The Morgan fingerprint density at radius 1 is 1.26 bits per heavy atom. The molecule has 0 spiro atoms. The average molecular weight is 553 g/mol. The van der Waals surface area contributed by atoms with Gasteiger partial charge in [-0.05, 0) is 29.7 Å². The van der Waals surface area contributed by atoms with Crippen LogP contribution < -0.4 is 10.6 Å². The summed E-state index contributed by atoms with van der Waals surface area (Å²) in [4.78, 5) is 36.5. The molecule has 4 atom stereocenters. The van der Waals surface area contributed by atoms with Crippen molar-refractivity contribution in [2.24, 2.45) is 28.7 Å². The number of hydrogen-bond acceptors (Lipinski definition) is 6. The number of aliphatic imine (C=N–C) groups is 1. The van der Waals surface area contributed by atoms with Crippen LogP contribution in [0.15, 0.2) is 45.3 Å². The van der Waals surface area contributed by atoms with E-state index in [1.165, 1.54) is 4.90 Å². The lowest BCUT2D eigenvalue weighted by Crippen LogP contribution is -2.43. The zero-order valence-electron chi connectivity index (χ0n) is 17.0. The fraction of sp³-hybridized carbons (Fsp3) is 0.429. The zero-order valence-corrected chi connectivity index (χ0v) is 20.1. The summed E-state index contributed by atoms with van der Waals surface area (Å²) >= 11 is 1.58. The molecule has 3 heterocycles. The second kappa shape index (κ2) is 9.11. The lowest BCUT2D eigenvalue weighted by Gasteiger charge is -2.18. The van der Waals surface area contributed by atoms with Crippen molar-refractivity contribution in [1.29, 1.82) is 0 Å². The van der Waals surface area contributed by atoms with Crippen LogP contribution in [0.25, 0.3) is 10.8 Å². The van der Waals surface area contributed by atoms with Gasteiger partial charge in [-0.2, -0.15) is 0 Å². The van der Waals surface area contributed by atoms with E-state index in [0.29, 0.717) is 31.5 Å². The van der Waals surface area contributed by atoms with Crippen LogP contribution in [-0.2, 0) is 16.1 Å². The van der Waals surface area contributed by atoms with Crippen molar-refractivity contribution >= 4 is 53.1 Å². The normalized spacial score (nSPS) is 26.4. The molecule has 3 aliphatic rings. The van der Waals surface area contributed by atoms with E-state index in [9.17, 15) is 9.59 Å². The molecule has 2 amide bonds. The molecule has 2 N–H and O–H groups in total. The third-order valence-corrected chi connectivity index (χ3v) is 6.99. The molecular formula is C21H24IN5O3S. The summed E-state index contributed by atoms with van der Waals surface area (Å²) in [6, 6.07) is 3.92. The van der Waals surface area contributed by atoms with E-state index >= 15 is 0 Å². The standard InChI is InChI=1S/C21H23N5O3S.HI/c1-22-21(24-10-14-11-29-18(25-14)15-3-2-8-30-15)23-6-7-26-19(27)16-12-4-5-13(9-12)17(16)20(26)28;/h2-5,8,11-13,16-17H,6-7,9-10H2,1H3,(H2,22,23,24);1H. The van der Waals surface area contributed by atoms with Crippen LogP contribution in [0, 0.1) is 23.7 Å². The van der Waals surface area contributed by atoms with Crippen LogP contribution in [0.3, 0.4) is 0 Å². The van der Waals surface area contributed by atoms with E-state index < -0.39 is 0 Å². The molecule has 0 aromatic carbocycles. The van der Waals surface area contributed by atoms with Crippen LogP contribution in [0.5, 0.6) is 0 Å². The Balaban J connectivity index is 0.00000231. The molecule has 2 fully saturated rings. The van der Waals surface area contributed by atoms with Gasteiger partial charge in [0, 0.05) is 20.1 Å². The number of allylic oxidation sites excluding steroid dienone is 2. The van der Waals surface area contributed by atoms with Gasteiger partial charge in [0.05, 0.1) is 29.0 Å². The van der Waals surface area contributed by atoms with Crippen LogP contribution in [0.4, 0.5) is 0 Å². The highest BCUT2D eigenvalue weighted by Crippen LogP contribution is 2.52. The van der Waals surface area contributed by atoms with Crippen molar-refractivity contribution in [3.63, 3.8) is 0 Å². The quantitative estimate of drug-likeness (QED) is 0.188. The van der Waals surface area contributed by atoms with Crippen LogP contribution in [-0.4, -0.2) is 47.8 Å². The molecule has 4 unspecified atom stereocenters. The Morgan fingerprint density at radius 3 is 2.65 bits per heavy atom. The number of fused-ring (bicyclic) bond motifs is 5. The van der Waals surface area contributed by atoms with Gasteiger partial charge in [-0.3, -0.25) is 19.5 Å². The predicted octanol–water partition coefficient (Wildman–Crippen LogP) is 2.49. The Hall–Kier alpha value is -2.21. The molecule has 2 bridgehead atoms. The van der Waals surface area contributed by atoms with Gasteiger partial charge in [0.1, 0.15) is 6.26 Å². The molecule has 0 radical (unpaired) electrons. The summed E-state index contributed by atoms with van der Waals surface area (Å²) in [5.41, 5.74) is 0.766. The minimum absolute atomic E-state index is 0. The SMILES string of the molecule is CN=C(NCCN1C(=O)C2C3C=CC(C3)C2C1=O)NCc1coc(-c2cccs2)n1.I. The Bertz CT molecular complexity index is 988. The highest BCUT2D eigenvalue weighted by molar-refractivity contribution is 14.0. The van der Waals surface area contributed by atoms with Crippen molar-refractivity contribution < 1.29 is 14.0 Å². The fourth-order valence-corrected chi connectivity index (χ4v) is 5.42. The molecule has 2 aromatic rings. The molecule has 8 nitrogen and oxygen atoms in total. The first kappa shape index (κ1) is 22.0. The van der Waals surface area contributed by atoms with E-state index in [2.05, 4.69) is 32.8 Å². The van der Waals surface area contributed by atoms with E-state index in [-0.39, 0.29) is 59.5 Å². The lowest BCUT2D eigenvalue weighted by molar-refractivity contribution is -0.140. The minimum atomic E-state index is -0.144. The van der Waals surface area contributed by atoms with E-state index in [4.69, 9.17) is 4.42 Å². The molecule has 10 heteroatoms. The predicted molar refractivity (Wildman–Crippen MR) is 128 cm³/mol. The number of thiophene rings is 1. The number of aromatic nitrogens is 1. The molecule has 1 saturated heterocycles. The Morgan fingerprint density at radius 2 is 2.00 bits per heavy atom. The number of hydrogen-bond donors (Lipinski definition) is 2. The van der Waals surface area contributed by atoms with Crippen LogP contribution >= 0.6 is 35.3 Å². The number of likely N-dealkylation sites (tertiary alicyclic amines) is 1. The molecule has 5 rings (SSSR count). The second-order valence-electron chi connectivity index (χ2n) is 7.80. The van der Waals surface area contributed by atoms with Crippen molar-refractivity contribution in [1.82, 2.24) is 20.5 Å². The van der Waals surface area contributed by atoms with Crippen LogP contribution in [0.2, 0.25) is 0 Å². The summed E-state index contributed by atoms with van der Waals surface area (Å²) in [7, 11) is 1.68. The molecule has 1 aliphatic heterocycles. The number of imide groups is 1. The topological polar surface area (TPSA) is 99.8 Å². The highest BCUT2D eigenvalue weighted by atomic mass is 127. The fourth-order valence-electron chi connectivity index (χ4n) is 4.77. The van der Waals surface area contributed by atoms with Gasteiger partial charge in [0.2, 0.25) is 17.7 Å². The van der Waals surface area contributed by atoms with Crippen molar-refractivity contribution in [2.75, 3.05) is 20.1 Å². The molecule has 2 aromatic heterocycles. The summed E-state index contributed by atoms with van der Waals surface area (Å²) < 4.78 is 5.52. The summed E-state index contributed by atoms with van der Waals surface area (Å²) in [6.07, 6.45) is 6.79. The Labute approximate surface area is 201 Å². The van der Waals surface area contributed by atoms with Crippen LogP contribution in [0.1, 0.15) is 12.1 Å². The summed E-state index contributed by atoms with van der Waals surface area (Å²) in [5.74, 6) is 1.34. The number of carbonyl (C=O) groups is 2. The maximum Gasteiger partial charge on any atom is 0.236 e. The molecular weight excluding hydrogens is 529 g/mol. The Kier molecular flexibility index (Phi) is 6.47. The largest absolute Gasteiger partial charge is 0.443 e. The van der Waals surface area contributed by atoms with Gasteiger partial charge in [-0.15, -0.1) is 35.3 Å². The summed E-state index contributed by atoms with van der Waals surface area (Å²) in [5, 5.41) is 8.32. The average Bonchev–Trinajstić information content (AvgIpc) is 3.55. The summed E-state index contributed by atoms with van der Waals surface area (Å²) in [6.45, 7) is 1.24. The number of amides is 2. The third kappa shape index (κ3) is 4.02. The van der Waals surface area contributed by atoms with E-state index in [1.54, 1.807) is 24.6 Å². The smallest absolute Gasteiger partial charge is 0.236 e. The number of nitrogens with one attached hydrogen (secondary N) is 2. The number of carbonyl (C=O) groups excluding carboxylic acids is 2. The molecule has 2 aliphatic carbocycles. The van der Waals surface area contributed by atoms with Gasteiger partial charge < -0.3 is 15.1 Å². The van der Waals surface area contributed by atoms with Gasteiger partial charge in [-0.25, -0.2) is 4.98 Å².